The Morgan fingerprint density at radius 3 is 2.85 bits per heavy atom. The molecule has 27 heavy (non-hydrogen) atoms. The van der Waals surface area contributed by atoms with Gasteiger partial charge in [0, 0.05) is 12.0 Å². The lowest BCUT2D eigenvalue weighted by Gasteiger charge is -2.08. The number of hydrogen-bond donors (Lipinski definition) is 1. The quantitative estimate of drug-likeness (QED) is 0.545. The Labute approximate surface area is 159 Å². The summed E-state index contributed by atoms with van der Waals surface area (Å²) in [6.45, 7) is 2.00. The van der Waals surface area contributed by atoms with Gasteiger partial charge >= 0.3 is 0 Å². The molecule has 0 spiro atoms. The maximum Gasteiger partial charge on any atom is 0.240 e. The van der Waals surface area contributed by atoms with Crippen molar-refractivity contribution in [2.75, 3.05) is 13.7 Å². The standard InChI is InChI=1S/C21H23N3O3/c1-16-14-19(26-2)11-10-17(16)7-5-9-21(25)24-23-15-18-6-3-4-8-20(18)27-13-12-22/h3-4,6,8,10-11,14-15H,5,7,9,13H2,1-2H3,(H,24,25). The van der Waals surface area contributed by atoms with Crippen LogP contribution in [0.25, 0.3) is 0 Å². The molecule has 0 aliphatic rings. The van der Waals surface area contributed by atoms with Crippen LogP contribution in [-0.4, -0.2) is 25.8 Å². The number of carbonyl (C=O) groups is 1. The molecule has 6 nitrogen and oxygen atoms in total. The van der Waals surface area contributed by atoms with Gasteiger partial charge in [0.25, 0.3) is 0 Å². The molecular weight excluding hydrogens is 342 g/mol. The minimum atomic E-state index is -0.146. The second-order valence-electron chi connectivity index (χ2n) is 5.92. The minimum Gasteiger partial charge on any atom is -0.497 e. The van der Waals surface area contributed by atoms with Gasteiger partial charge in [-0.2, -0.15) is 10.4 Å². The lowest BCUT2D eigenvalue weighted by Crippen LogP contribution is -2.17. The van der Waals surface area contributed by atoms with Crippen molar-refractivity contribution in [3.63, 3.8) is 0 Å². The van der Waals surface area contributed by atoms with Crippen molar-refractivity contribution in [2.24, 2.45) is 5.10 Å². The first kappa shape index (κ1) is 20.0. The first-order chi connectivity index (χ1) is 13.1. The maximum absolute atomic E-state index is 11.9. The fourth-order valence-corrected chi connectivity index (χ4v) is 2.57. The number of benzene rings is 2. The molecule has 6 heteroatoms. The Balaban J connectivity index is 1.80. The Bertz CT molecular complexity index is 841. The summed E-state index contributed by atoms with van der Waals surface area (Å²) in [6, 6.07) is 15.1. The number of carbonyl (C=O) groups excluding carboxylic acids is 1. The zero-order valence-electron chi connectivity index (χ0n) is 15.6. The topological polar surface area (TPSA) is 83.7 Å². The molecule has 0 aliphatic carbocycles. The normalized spacial score (nSPS) is 10.4. The monoisotopic (exact) mass is 365 g/mol. The third-order valence-corrected chi connectivity index (χ3v) is 4.00. The fraction of sp³-hybridized carbons (Fsp3) is 0.286. The fourth-order valence-electron chi connectivity index (χ4n) is 2.57. The predicted octanol–water partition coefficient (Wildman–Crippen LogP) is 3.38. The molecule has 0 heterocycles. The van der Waals surface area contributed by atoms with Gasteiger partial charge in [-0.3, -0.25) is 4.79 Å². The van der Waals surface area contributed by atoms with Crippen molar-refractivity contribution in [3.8, 4) is 17.6 Å². The number of hydrogen-bond acceptors (Lipinski definition) is 5. The first-order valence-electron chi connectivity index (χ1n) is 8.68. The predicted molar refractivity (Wildman–Crippen MR) is 104 cm³/mol. The van der Waals surface area contributed by atoms with Crippen LogP contribution in [0.4, 0.5) is 0 Å². The van der Waals surface area contributed by atoms with Crippen LogP contribution in [0, 0.1) is 18.3 Å². The smallest absolute Gasteiger partial charge is 0.240 e. The molecule has 0 aliphatic heterocycles. The second kappa shape index (κ2) is 10.6. The minimum absolute atomic E-state index is 0.0397. The molecule has 0 unspecified atom stereocenters. The van der Waals surface area contributed by atoms with Crippen LogP contribution in [0.15, 0.2) is 47.6 Å². The molecule has 1 N–H and O–H groups in total. The van der Waals surface area contributed by atoms with E-state index in [1.54, 1.807) is 19.2 Å². The molecule has 2 aromatic rings. The number of nitrogens with one attached hydrogen (secondary N) is 1. The van der Waals surface area contributed by atoms with Gasteiger partial charge in [0.05, 0.1) is 13.3 Å². The lowest BCUT2D eigenvalue weighted by molar-refractivity contribution is -0.121. The summed E-state index contributed by atoms with van der Waals surface area (Å²) >= 11 is 0. The number of ether oxygens (including phenoxy) is 2. The van der Waals surface area contributed by atoms with Crippen molar-refractivity contribution in [1.29, 1.82) is 5.26 Å². The summed E-state index contributed by atoms with van der Waals surface area (Å²) in [7, 11) is 1.65. The third kappa shape index (κ3) is 6.48. The van der Waals surface area contributed by atoms with E-state index in [4.69, 9.17) is 14.7 Å². The average Bonchev–Trinajstić information content (AvgIpc) is 2.68. The summed E-state index contributed by atoms with van der Waals surface area (Å²) < 4.78 is 10.5. The van der Waals surface area contributed by atoms with Gasteiger partial charge in [0.2, 0.25) is 5.91 Å². The molecule has 0 saturated carbocycles. The molecule has 0 saturated heterocycles. The van der Waals surface area contributed by atoms with Crippen LogP contribution >= 0.6 is 0 Å². The van der Waals surface area contributed by atoms with Crippen LogP contribution < -0.4 is 14.9 Å². The summed E-state index contributed by atoms with van der Waals surface area (Å²) in [6.07, 6.45) is 3.45. The Hall–Kier alpha value is -3.33. The third-order valence-electron chi connectivity index (χ3n) is 4.00. The number of nitriles is 1. The molecule has 0 bridgehead atoms. The van der Waals surface area contributed by atoms with Gasteiger partial charge in [-0.25, -0.2) is 5.43 Å². The van der Waals surface area contributed by atoms with Crippen LogP contribution in [0.1, 0.15) is 29.5 Å². The Morgan fingerprint density at radius 1 is 1.30 bits per heavy atom. The number of amides is 1. The highest BCUT2D eigenvalue weighted by Gasteiger charge is 2.04. The van der Waals surface area contributed by atoms with Crippen LogP contribution in [0.5, 0.6) is 11.5 Å². The number of hydrazone groups is 1. The Morgan fingerprint density at radius 2 is 2.11 bits per heavy atom. The van der Waals surface area contributed by atoms with E-state index in [-0.39, 0.29) is 12.5 Å². The maximum atomic E-state index is 11.9. The van der Waals surface area contributed by atoms with Crippen LogP contribution in [0.2, 0.25) is 0 Å². The van der Waals surface area contributed by atoms with Crippen molar-refractivity contribution < 1.29 is 14.3 Å². The summed E-state index contributed by atoms with van der Waals surface area (Å²) in [5, 5.41) is 12.6. The van der Waals surface area contributed by atoms with Gasteiger partial charge in [0.15, 0.2) is 6.61 Å². The van der Waals surface area contributed by atoms with E-state index in [0.717, 1.165) is 24.2 Å². The van der Waals surface area contributed by atoms with E-state index in [2.05, 4.69) is 10.5 Å². The molecule has 140 valence electrons. The zero-order chi connectivity index (χ0) is 19.5. The van der Waals surface area contributed by atoms with Crippen molar-refractivity contribution >= 4 is 12.1 Å². The van der Waals surface area contributed by atoms with E-state index in [0.29, 0.717) is 17.7 Å². The van der Waals surface area contributed by atoms with Gasteiger partial charge in [0.1, 0.15) is 17.6 Å². The Kier molecular flexibility index (Phi) is 7.86. The largest absolute Gasteiger partial charge is 0.497 e. The highest BCUT2D eigenvalue weighted by atomic mass is 16.5. The average molecular weight is 365 g/mol. The van der Waals surface area contributed by atoms with E-state index in [1.807, 2.05) is 43.3 Å². The van der Waals surface area contributed by atoms with Gasteiger partial charge in [-0.1, -0.05) is 18.2 Å². The first-order valence-corrected chi connectivity index (χ1v) is 8.68. The van der Waals surface area contributed by atoms with Gasteiger partial charge in [-0.05, 0) is 55.2 Å². The number of aryl methyl sites for hydroxylation is 2. The molecule has 0 aromatic heterocycles. The van der Waals surface area contributed by atoms with E-state index < -0.39 is 0 Å². The lowest BCUT2D eigenvalue weighted by atomic mass is 10.0. The SMILES string of the molecule is COc1ccc(CCCC(=O)NN=Cc2ccccc2OCC#N)c(C)c1. The van der Waals surface area contributed by atoms with Crippen molar-refractivity contribution in [1.82, 2.24) is 5.43 Å². The van der Waals surface area contributed by atoms with E-state index >= 15 is 0 Å². The molecule has 2 aromatic carbocycles. The van der Waals surface area contributed by atoms with Crippen molar-refractivity contribution in [2.45, 2.75) is 26.2 Å². The highest BCUT2D eigenvalue weighted by molar-refractivity contribution is 5.85. The van der Waals surface area contributed by atoms with Gasteiger partial charge in [-0.15, -0.1) is 0 Å². The van der Waals surface area contributed by atoms with Crippen molar-refractivity contribution in [3.05, 3.63) is 59.2 Å². The van der Waals surface area contributed by atoms with E-state index in [9.17, 15) is 4.79 Å². The summed E-state index contributed by atoms with van der Waals surface area (Å²) in [5.41, 5.74) is 5.58. The van der Waals surface area contributed by atoms with E-state index in [1.165, 1.54) is 11.8 Å². The molecule has 1 amide bonds. The number of methoxy groups -OCH3 is 1. The number of para-hydroxylation sites is 1. The molecule has 0 atom stereocenters. The molecule has 2 rings (SSSR count). The summed E-state index contributed by atoms with van der Waals surface area (Å²) in [5.74, 6) is 1.24. The zero-order valence-corrected chi connectivity index (χ0v) is 15.6. The second-order valence-corrected chi connectivity index (χ2v) is 5.92. The highest BCUT2D eigenvalue weighted by Crippen LogP contribution is 2.18. The molecule has 0 radical (unpaired) electrons. The summed E-state index contributed by atoms with van der Waals surface area (Å²) in [4.78, 5) is 11.9. The molecule has 0 fully saturated rings. The van der Waals surface area contributed by atoms with Crippen LogP contribution in [-0.2, 0) is 11.2 Å². The molecular formula is C21H23N3O3. The van der Waals surface area contributed by atoms with Gasteiger partial charge < -0.3 is 9.47 Å². The number of rotatable bonds is 9. The van der Waals surface area contributed by atoms with Crippen LogP contribution in [0.3, 0.4) is 0 Å². The number of nitrogens with zero attached hydrogens (tertiary/aromatic N) is 2.